The minimum Gasteiger partial charge on any atom is -0.354 e. The Morgan fingerprint density at radius 3 is 2.37 bits per heavy atom. The van der Waals surface area contributed by atoms with Gasteiger partial charge in [0, 0.05) is 18.7 Å². The number of nitrogens with zero attached hydrogens (tertiary/aromatic N) is 1. The van der Waals surface area contributed by atoms with Gasteiger partial charge in [0.05, 0.1) is 0 Å². The Morgan fingerprint density at radius 1 is 1.07 bits per heavy atom. The predicted octanol–water partition coefficient (Wildman–Crippen LogP) is 3.07. The van der Waals surface area contributed by atoms with E-state index in [1.807, 2.05) is 32.0 Å². The number of hydrogen-bond donors (Lipinski definition) is 2. The maximum atomic E-state index is 12.8. The smallest absolute Gasteiger partial charge is 0.251 e. The molecule has 0 spiro atoms. The van der Waals surface area contributed by atoms with Crippen LogP contribution in [0.2, 0.25) is 0 Å². The second-order valence-electron chi connectivity index (χ2n) is 7.91. The van der Waals surface area contributed by atoms with Crippen LogP contribution in [0.5, 0.6) is 0 Å². The highest BCUT2D eigenvalue weighted by atomic mass is 16.2. The van der Waals surface area contributed by atoms with Crippen molar-refractivity contribution in [3.05, 3.63) is 35.9 Å². The minimum atomic E-state index is -0.509. The van der Waals surface area contributed by atoms with Crippen LogP contribution < -0.4 is 10.6 Å². The fourth-order valence-electron chi connectivity index (χ4n) is 3.55. The van der Waals surface area contributed by atoms with E-state index < -0.39 is 6.04 Å². The number of likely N-dealkylation sites (tertiary alicyclic amines) is 1. The molecule has 2 amide bonds. The molecule has 27 heavy (non-hydrogen) atoms. The summed E-state index contributed by atoms with van der Waals surface area (Å²) in [5.41, 5.74) is 0.581. The molecule has 0 bridgehead atoms. The fourth-order valence-corrected chi connectivity index (χ4v) is 3.55. The number of nitrogens with one attached hydrogen (secondary N) is 2. The minimum absolute atomic E-state index is 0.0788. The van der Waals surface area contributed by atoms with E-state index in [0.717, 1.165) is 13.0 Å². The van der Waals surface area contributed by atoms with Gasteiger partial charge in [-0.05, 0) is 49.9 Å². The molecule has 0 aromatic heterocycles. The van der Waals surface area contributed by atoms with E-state index in [1.165, 1.54) is 32.4 Å². The number of carbonyl (C=O) groups is 2. The quantitative estimate of drug-likeness (QED) is 0.699. The summed E-state index contributed by atoms with van der Waals surface area (Å²) in [4.78, 5) is 27.7. The van der Waals surface area contributed by atoms with Gasteiger partial charge in [-0.15, -0.1) is 0 Å². The van der Waals surface area contributed by atoms with Gasteiger partial charge in [-0.1, -0.05) is 51.8 Å². The second kappa shape index (κ2) is 11.1. The fraction of sp³-hybridized carbons (Fsp3) is 0.636. The first-order valence-electron chi connectivity index (χ1n) is 10.4. The zero-order valence-electron chi connectivity index (χ0n) is 17.0. The molecule has 1 aromatic carbocycles. The van der Waals surface area contributed by atoms with Crippen LogP contribution in [0.15, 0.2) is 30.3 Å². The van der Waals surface area contributed by atoms with Gasteiger partial charge in [-0.2, -0.15) is 0 Å². The Balaban J connectivity index is 1.87. The number of benzene rings is 1. The van der Waals surface area contributed by atoms with Crippen molar-refractivity contribution in [2.45, 2.75) is 52.5 Å². The summed E-state index contributed by atoms with van der Waals surface area (Å²) < 4.78 is 0. The van der Waals surface area contributed by atoms with Gasteiger partial charge in [0.1, 0.15) is 6.04 Å². The first-order chi connectivity index (χ1) is 13.0. The van der Waals surface area contributed by atoms with Crippen molar-refractivity contribution in [2.75, 3.05) is 26.2 Å². The van der Waals surface area contributed by atoms with Crippen molar-refractivity contribution in [3.8, 4) is 0 Å². The molecule has 1 aliphatic heterocycles. The molecule has 3 atom stereocenters. The van der Waals surface area contributed by atoms with Gasteiger partial charge < -0.3 is 15.5 Å². The summed E-state index contributed by atoms with van der Waals surface area (Å²) >= 11 is 0. The third-order valence-electron chi connectivity index (χ3n) is 5.46. The lowest BCUT2D eigenvalue weighted by Crippen LogP contribution is -2.51. The maximum Gasteiger partial charge on any atom is 0.251 e. The van der Waals surface area contributed by atoms with Crippen LogP contribution >= 0.6 is 0 Å². The van der Waals surface area contributed by atoms with E-state index in [4.69, 9.17) is 0 Å². The van der Waals surface area contributed by atoms with Crippen LogP contribution in [0.3, 0.4) is 0 Å². The summed E-state index contributed by atoms with van der Waals surface area (Å²) in [5.74, 6) is 0.195. The normalized spacial score (nSPS) is 18.3. The van der Waals surface area contributed by atoms with E-state index in [-0.39, 0.29) is 17.7 Å². The first kappa shape index (κ1) is 21.4. The summed E-state index contributed by atoms with van der Waals surface area (Å²) in [6.45, 7) is 10.2. The molecule has 1 aliphatic rings. The van der Waals surface area contributed by atoms with Gasteiger partial charge in [0.25, 0.3) is 5.91 Å². The lowest BCUT2D eigenvalue weighted by atomic mass is 9.97. The predicted molar refractivity (Wildman–Crippen MR) is 110 cm³/mol. The van der Waals surface area contributed by atoms with Crippen LogP contribution in [-0.4, -0.2) is 48.9 Å². The summed E-state index contributed by atoms with van der Waals surface area (Å²) in [6.07, 6.45) is 4.72. The molecule has 5 nitrogen and oxygen atoms in total. The molecule has 0 radical (unpaired) electrons. The number of rotatable bonds is 9. The zero-order chi connectivity index (χ0) is 19.6. The molecule has 1 saturated heterocycles. The van der Waals surface area contributed by atoms with Gasteiger partial charge >= 0.3 is 0 Å². The second-order valence-corrected chi connectivity index (χ2v) is 7.91. The Kier molecular flexibility index (Phi) is 8.79. The lowest BCUT2D eigenvalue weighted by Gasteiger charge is -2.29. The van der Waals surface area contributed by atoms with Crippen molar-refractivity contribution in [2.24, 2.45) is 11.8 Å². The van der Waals surface area contributed by atoms with Gasteiger partial charge in [-0.25, -0.2) is 0 Å². The van der Waals surface area contributed by atoms with Crippen LogP contribution in [-0.2, 0) is 4.79 Å². The van der Waals surface area contributed by atoms with Gasteiger partial charge in [0.2, 0.25) is 5.91 Å². The number of carbonyl (C=O) groups excluding carboxylic acids is 2. The summed E-state index contributed by atoms with van der Waals surface area (Å²) in [7, 11) is 0. The van der Waals surface area contributed by atoms with Crippen molar-refractivity contribution in [1.29, 1.82) is 0 Å². The molecular weight excluding hydrogens is 338 g/mol. The summed E-state index contributed by atoms with van der Waals surface area (Å²) in [6, 6.07) is 8.55. The van der Waals surface area contributed by atoms with E-state index in [2.05, 4.69) is 22.5 Å². The SMILES string of the molecule is CCC(C)C(NC(=O)c1ccccc1)C(=O)NCC(C)CN1CCCCC1. The Morgan fingerprint density at radius 2 is 1.74 bits per heavy atom. The first-order valence-corrected chi connectivity index (χ1v) is 10.4. The third-order valence-corrected chi connectivity index (χ3v) is 5.46. The zero-order valence-corrected chi connectivity index (χ0v) is 17.0. The molecule has 1 fully saturated rings. The third kappa shape index (κ3) is 6.98. The number of hydrogen-bond acceptors (Lipinski definition) is 3. The molecule has 3 unspecified atom stereocenters. The molecular formula is C22H35N3O2. The van der Waals surface area contributed by atoms with E-state index in [1.54, 1.807) is 12.1 Å². The Labute approximate surface area is 163 Å². The number of amides is 2. The van der Waals surface area contributed by atoms with Crippen LogP contribution in [0.25, 0.3) is 0 Å². The summed E-state index contributed by atoms with van der Waals surface area (Å²) in [5, 5.41) is 5.99. The van der Waals surface area contributed by atoms with Crippen LogP contribution in [0.1, 0.15) is 56.8 Å². The maximum absolute atomic E-state index is 12.8. The van der Waals surface area contributed by atoms with Gasteiger partial charge in [0.15, 0.2) is 0 Å². The van der Waals surface area contributed by atoms with Gasteiger partial charge in [-0.3, -0.25) is 9.59 Å². The molecule has 5 heteroatoms. The van der Waals surface area contributed by atoms with Crippen molar-refractivity contribution in [1.82, 2.24) is 15.5 Å². The molecule has 150 valence electrons. The molecule has 2 rings (SSSR count). The van der Waals surface area contributed by atoms with E-state index in [0.29, 0.717) is 18.0 Å². The topological polar surface area (TPSA) is 61.4 Å². The molecule has 0 saturated carbocycles. The highest BCUT2D eigenvalue weighted by molar-refractivity contribution is 5.97. The van der Waals surface area contributed by atoms with Crippen LogP contribution in [0, 0.1) is 11.8 Å². The molecule has 1 heterocycles. The highest BCUT2D eigenvalue weighted by Gasteiger charge is 2.26. The standard InChI is InChI=1S/C22H35N3O2/c1-4-18(3)20(24-21(26)19-11-7-5-8-12-19)22(27)23-15-17(2)16-25-13-9-6-10-14-25/h5,7-8,11-12,17-18,20H,4,6,9-10,13-16H2,1-3H3,(H,23,27)(H,24,26). The monoisotopic (exact) mass is 373 g/mol. The average molecular weight is 374 g/mol. The van der Waals surface area contributed by atoms with Crippen molar-refractivity contribution >= 4 is 11.8 Å². The molecule has 2 N–H and O–H groups in total. The van der Waals surface area contributed by atoms with Crippen LogP contribution in [0.4, 0.5) is 0 Å². The Bertz CT molecular complexity index is 584. The largest absolute Gasteiger partial charge is 0.354 e. The van der Waals surface area contributed by atoms with E-state index in [9.17, 15) is 9.59 Å². The molecule has 1 aromatic rings. The Hall–Kier alpha value is -1.88. The van der Waals surface area contributed by atoms with Crippen molar-refractivity contribution in [3.63, 3.8) is 0 Å². The number of piperidine rings is 1. The lowest BCUT2D eigenvalue weighted by molar-refractivity contribution is -0.124. The van der Waals surface area contributed by atoms with E-state index >= 15 is 0 Å². The average Bonchev–Trinajstić information content (AvgIpc) is 2.71. The van der Waals surface area contributed by atoms with Crippen molar-refractivity contribution < 1.29 is 9.59 Å². The highest BCUT2D eigenvalue weighted by Crippen LogP contribution is 2.12. The molecule has 0 aliphatic carbocycles.